The maximum atomic E-state index is 13.0. The smallest absolute Gasteiger partial charge is 0.253 e. The van der Waals surface area contributed by atoms with E-state index in [9.17, 15) is 13.2 Å². The van der Waals surface area contributed by atoms with Gasteiger partial charge in [-0.05, 0) is 62.4 Å². The Hall–Kier alpha value is -1.60. The van der Waals surface area contributed by atoms with Crippen LogP contribution in [0.15, 0.2) is 24.3 Å². The summed E-state index contributed by atoms with van der Waals surface area (Å²) in [5.41, 5.74) is 1.31. The molecule has 2 saturated heterocycles. The molecule has 7 heteroatoms. The van der Waals surface area contributed by atoms with Gasteiger partial charge in [0, 0.05) is 38.3 Å². The third-order valence-corrected chi connectivity index (χ3v) is 8.49. The van der Waals surface area contributed by atoms with Crippen molar-refractivity contribution in [2.24, 2.45) is 5.92 Å². The first-order valence-corrected chi connectivity index (χ1v) is 12.8. The molecule has 1 amide bonds. The van der Waals surface area contributed by atoms with E-state index in [4.69, 9.17) is 0 Å². The van der Waals surface area contributed by atoms with Crippen LogP contribution in [0.3, 0.4) is 0 Å². The van der Waals surface area contributed by atoms with Gasteiger partial charge in [-0.15, -0.1) is 0 Å². The second-order valence-electron chi connectivity index (χ2n) is 8.74. The van der Waals surface area contributed by atoms with Crippen LogP contribution in [0, 0.1) is 5.92 Å². The second kappa shape index (κ2) is 9.04. The van der Waals surface area contributed by atoms with Crippen molar-refractivity contribution in [3.63, 3.8) is 0 Å². The lowest BCUT2D eigenvalue weighted by molar-refractivity contribution is 0.0760. The van der Waals surface area contributed by atoms with Gasteiger partial charge in [-0.3, -0.25) is 9.10 Å². The number of anilines is 1. The molecule has 0 aromatic heterocycles. The molecular formula is C22H33N3O3S. The van der Waals surface area contributed by atoms with Gasteiger partial charge in [0.1, 0.15) is 0 Å². The van der Waals surface area contributed by atoms with E-state index >= 15 is 0 Å². The van der Waals surface area contributed by atoms with Crippen molar-refractivity contribution < 1.29 is 13.2 Å². The summed E-state index contributed by atoms with van der Waals surface area (Å²) in [5, 5.41) is 0. The Morgan fingerprint density at radius 1 is 0.862 bits per heavy atom. The molecule has 6 nitrogen and oxygen atoms in total. The molecule has 1 saturated carbocycles. The Morgan fingerprint density at radius 3 is 2.31 bits per heavy atom. The van der Waals surface area contributed by atoms with E-state index in [2.05, 4.69) is 4.90 Å². The van der Waals surface area contributed by atoms with Crippen LogP contribution in [0.5, 0.6) is 0 Å². The number of carbonyl (C=O) groups is 1. The van der Waals surface area contributed by atoms with Crippen LogP contribution in [0.25, 0.3) is 0 Å². The summed E-state index contributed by atoms with van der Waals surface area (Å²) in [6.45, 7) is 5.30. The van der Waals surface area contributed by atoms with Crippen molar-refractivity contribution in [3.8, 4) is 0 Å². The lowest BCUT2D eigenvalue weighted by atomic mass is 9.89. The summed E-state index contributed by atoms with van der Waals surface area (Å²) in [6.07, 6.45) is 8.53. The molecule has 3 fully saturated rings. The Bertz CT molecular complexity index is 803. The number of rotatable bonds is 4. The first-order chi connectivity index (χ1) is 14.0. The molecule has 0 unspecified atom stereocenters. The fraction of sp³-hybridized carbons (Fsp3) is 0.682. The van der Waals surface area contributed by atoms with E-state index in [0.29, 0.717) is 24.2 Å². The molecule has 0 spiro atoms. The van der Waals surface area contributed by atoms with Crippen LogP contribution >= 0.6 is 0 Å². The summed E-state index contributed by atoms with van der Waals surface area (Å²) >= 11 is 0. The number of hydrogen-bond donors (Lipinski definition) is 0. The number of amides is 1. The van der Waals surface area contributed by atoms with Crippen LogP contribution in [-0.4, -0.2) is 69.1 Å². The largest absolute Gasteiger partial charge is 0.337 e. The minimum atomic E-state index is -3.18. The van der Waals surface area contributed by atoms with Gasteiger partial charge in [0.2, 0.25) is 10.0 Å². The average molecular weight is 420 g/mol. The van der Waals surface area contributed by atoms with Gasteiger partial charge in [-0.1, -0.05) is 19.3 Å². The molecule has 0 bridgehead atoms. The zero-order chi connectivity index (χ0) is 20.3. The number of benzene rings is 1. The topological polar surface area (TPSA) is 60.9 Å². The van der Waals surface area contributed by atoms with E-state index in [1.165, 1.54) is 43.0 Å². The molecule has 0 N–H and O–H groups in total. The molecule has 160 valence electrons. The van der Waals surface area contributed by atoms with Crippen molar-refractivity contribution in [2.45, 2.75) is 44.9 Å². The van der Waals surface area contributed by atoms with Crippen molar-refractivity contribution in [3.05, 3.63) is 29.8 Å². The van der Waals surface area contributed by atoms with Crippen LogP contribution in [0.2, 0.25) is 0 Å². The van der Waals surface area contributed by atoms with E-state index in [0.717, 1.165) is 38.5 Å². The number of carbonyl (C=O) groups excluding carboxylic acids is 1. The van der Waals surface area contributed by atoms with Crippen molar-refractivity contribution in [1.29, 1.82) is 0 Å². The van der Waals surface area contributed by atoms with Crippen LogP contribution < -0.4 is 4.31 Å². The Morgan fingerprint density at radius 2 is 1.62 bits per heavy atom. The van der Waals surface area contributed by atoms with Crippen molar-refractivity contribution >= 4 is 21.6 Å². The molecule has 2 aliphatic heterocycles. The predicted molar refractivity (Wildman–Crippen MR) is 116 cm³/mol. The molecule has 1 aromatic rings. The summed E-state index contributed by atoms with van der Waals surface area (Å²) in [5.74, 6) is 1.10. The third-order valence-electron chi connectivity index (χ3n) is 6.62. The Labute approximate surface area is 174 Å². The number of hydrogen-bond acceptors (Lipinski definition) is 4. The van der Waals surface area contributed by atoms with Gasteiger partial charge in [-0.25, -0.2) is 8.42 Å². The second-order valence-corrected chi connectivity index (χ2v) is 10.8. The van der Waals surface area contributed by atoms with Crippen molar-refractivity contribution in [1.82, 2.24) is 9.80 Å². The van der Waals surface area contributed by atoms with Crippen molar-refractivity contribution in [2.75, 3.05) is 49.3 Å². The van der Waals surface area contributed by atoms with Gasteiger partial charge in [0.05, 0.1) is 11.4 Å². The quantitative estimate of drug-likeness (QED) is 0.753. The summed E-state index contributed by atoms with van der Waals surface area (Å²) in [6, 6.07) is 7.08. The third kappa shape index (κ3) is 4.94. The van der Waals surface area contributed by atoms with E-state index in [-0.39, 0.29) is 11.7 Å². The standard InChI is InChI=1S/C22H33N3O3S/c26-22(20-8-10-21(11-9-20)25-14-5-17-29(25,27)28)24-13-4-12-23(15-16-24)18-19-6-2-1-3-7-19/h8-11,19H,1-7,12-18H2. The minimum absolute atomic E-state index is 0.0559. The van der Waals surface area contributed by atoms with Gasteiger partial charge in [-0.2, -0.15) is 0 Å². The highest BCUT2D eigenvalue weighted by Crippen LogP contribution is 2.26. The van der Waals surface area contributed by atoms with E-state index in [1.54, 1.807) is 24.3 Å². The van der Waals surface area contributed by atoms with E-state index < -0.39 is 10.0 Å². The maximum Gasteiger partial charge on any atom is 0.253 e. The molecular weight excluding hydrogens is 386 g/mol. The van der Waals surface area contributed by atoms with Gasteiger partial charge in [0.15, 0.2) is 0 Å². The fourth-order valence-corrected chi connectivity index (χ4v) is 6.54. The van der Waals surface area contributed by atoms with Crippen LogP contribution in [-0.2, 0) is 10.0 Å². The summed E-state index contributed by atoms with van der Waals surface area (Å²) in [4.78, 5) is 17.5. The Kier molecular flexibility index (Phi) is 6.44. The Balaban J connectivity index is 1.34. The molecule has 4 rings (SSSR count). The molecule has 1 aliphatic carbocycles. The van der Waals surface area contributed by atoms with Gasteiger partial charge >= 0.3 is 0 Å². The molecule has 3 aliphatic rings. The first kappa shape index (κ1) is 20.7. The number of nitrogens with zero attached hydrogens (tertiary/aromatic N) is 3. The number of sulfonamides is 1. The maximum absolute atomic E-state index is 13.0. The zero-order valence-electron chi connectivity index (χ0n) is 17.3. The molecule has 2 heterocycles. The first-order valence-electron chi connectivity index (χ1n) is 11.1. The van der Waals surface area contributed by atoms with Crippen LogP contribution in [0.1, 0.15) is 55.3 Å². The lowest BCUT2D eigenvalue weighted by Crippen LogP contribution is -2.37. The molecule has 0 radical (unpaired) electrons. The van der Waals surface area contributed by atoms with Gasteiger partial charge in [0.25, 0.3) is 5.91 Å². The normalized spacial score (nSPS) is 23.9. The molecule has 1 aromatic carbocycles. The molecule has 29 heavy (non-hydrogen) atoms. The summed E-state index contributed by atoms with van der Waals surface area (Å²) in [7, 11) is -3.18. The molecule has 0 atom stereocenters. The monoisotopic (exact) mass is 419 g/mol. The predicted octanol–water partition coefficient (Wildman–Crippen LogP) is 2.95. The highest BCUT2D eigenvalue weighted by Gasteiger charge is 2.29. The SMILES string of the molecule is O=C(c1ccc(N2CCCS2(=O)=O)cc1)N1CCCN(CC2CCCCC2)CC1. The average Bonchev–Trinajstić information content (AvgIpc) is 2.94. The lowest BCUT2D eigenvalue weighted by Gasteiger charge is -2.28. The fourth-order valence-electron chi connectivity index (χ4n) is 4.97. The van der Waals surface area contributed by atoms with E-state index in [1.807, 2.05) is 4.90 Å². The zero-order valence-corrected chi connectivity index (χ0v) is 18.1. The highest BCUT2D eigenvalue weighted by molar-refractivity contribution is 7.93. The minimum Gasteiger partial charge on any atom is -0.337 e. The highest BCUT2D eigenvalue weighted by atomic mass is 32.2. The van der Waals surface area contributed by atoms with Crippen LogP contribution in [0.4, 0.5) is 5.69 Å². The summed E-state index contributed by atoms with van der Waals surface area (Å²) < 4.78 is 25.6. The van der Waals surface area contributed by atoms with Gasteiger partial charge < -0.3 is 9.80 Å².